The van der Waals surface area contributed by atoms with Crippen molar-refractivity contribution in [2.45, 2.75) is 32.5 Å². The smallest absolute Gasteiger partial charge is 0.316 e. The molecule has 0 unspecified atom stereocenters. The van der Waals surface area contributed by atoms with E-state index in [0.717, 1.165) is 12.8 Å². The van der Waals surface area contributed by atoms with Crippen LogP contribution in [0, 0.1) is 17.2 Å². The maximum Gasteiger partial charge on any atom is 0.316 e. The van der Waals surface area contributed by atoms with Crippen molar-refractivity contribution in [1.82, 2.24) is 25.3 Å². The van der Waals surface area contributed by atoms with Crippen LogP contribution in [0.3, 0.4) is 0 Å². The molecule has 1 amide bonds. The van der Waals surface area contributed by atoms with Gasteiger partial charge in [0.15, 0.2) is 5.82 Å². The number of imidazole rings is 1. The molecule has 1 aliphatic carbocycles. The van der Waals surface area contributed by atoms with Gasteiger partial charge in [-0.15, -0.1) is 0 Å². The largest absolute Gasteiger partial charge is 0.463 e. The molecular formula is C26H30FN5O5. The third kappa shape index (κ3) is 5.95. The van der Waals surface area contributed by atoms with E-state index in [-0.39, 0.29) is 44.2 Å². The minimum atomic E-state index is -0.820. The van der Waals surface area contributed by atoms with Crippen LogP contribution < -0.4 is 10.1 Å². The van der Waals surface area contributed by atoms with Crippen LogP contribution in [0.2, 0.25) is 0 Å². The van der Waals surface area contributed by atoms with Gasteiger partial charge in [-0.25, -0.2) is 14.4 Å². The van der Waals surface area contributed by atoms with E-state index in [9.17, 15) is 9.18 Å². The Kier molecular flexibility index (Phi) is 7.45. The first-order valence-corrected chi connectivity index (χ1v) is 12.4. The highest BCUT2D eigenvalue weighted by molar-refractivity contribution is 5.82. The van der Waals surface area contributed by atoms with Crippen molar-refractivity contribution in [2.24, 2.45) is 11.3 Å². The van der Waals surface area contributed by atoms with E-state index < -0.39 is 11.7 Å². The number of hydrogen-bond acceptors (Lipinski definition) is 8. The highest BCUT2D eigenvalue weighted by Gasteiger charge is 2.41. The number of halogens is 1. The predicted octanol–water partition coefficient (Wildman–Crippen LogP) is 3.01. The molecule has 2 fully saturated rings. The maximum absolute atomic E-state index is 13.6. The van der Waals surface area contributed by atoms with Crippen LogP contribution in [-0.2, 0) is 14.3 Å². The molecule has 5 rings (SSSR count). The lowest BCUT2D eigenvalue weighted by Gasteiger charge is -2.35. The number of amides is 1. The van der Waals surface area contributed by atoms with Crippen LogP contribution in [0.1, 0.15) is 38.3 Å². The van der Waals surface area contributed by atoms with Gasteiger partial charge in [0.25, 0.3) is 0 Å². The van der Waals surface area contributed by atoms with Crippen LogP contribution in [0.4, 0.5) is 4.39 Å². The third-order valence-corrected chi connectivity index (χ3v) is 6.39. The number of aromatic amines is 1. The van der Waals surface area contributed by atoms with Crippen LogP contribution >= 0.6 is 0 Å². The molecule has 0 spiro atoms. The summed E-state index contributed by atoms with van der Waals surface area (Å²) in [5, 5.41) is 12.0. The van der Waals surface area contributed by atoms with Crippen molar-refractivity contribution >= 4 is 5.91 Å². The van der Waals surface area contributed by atoms with Gasteiger partial charge >= 0.3 is 6.01 Å². The fourth-order valence-corrected chi connectivity index (χ4v) is 3.95. The van der Waals surface area contributed by atoms with Gasteiger partial charge in [-0.05, 0) is 56.0 Å². The van der Waals surface area contributed by atoms with E-state index in [1.807, 2.05) is 6.92 Å². The highest BCUT2D eigenvalue weighted by atomic mass is 19.1. The number of carbonyl (C=O) groups is 1. The quantitative estimate of drug-likeness (QED) is 0.354. The Bertz CT molecular complexity index is 1220. The number of nitrogens with one attached hydrogen (secondary N) is 2. The van der Waals surface area contributed by atoms with Gasteiger partial charge in [0.2, 0.25) is 12.2 Å². The molecule has 196 valence electrons. The number of nitrogens with zero attached hydrogens (tertiary/aromatic N) is 3. The van der Waals surface area contributed by atoms with Crippen molar-refractivity contribution in [2.75, 3.05) is 33.0 Å². The molecule has 0 atom stereocenters. The van der Waals surface area contributed by atoms with Gasteiger partial charge in [0.05, 0.1) is 42.3 Å². The summed E-state index contributed by atoms with van der Waals surface area (Å²) < 4.78 is 31.0. The average molecular weight is 512 g/mol. The Hall–Kier alpha value is -3.41. The molecule has 3 N–H and O–H groups in total. The highest BCUT2D eigenvalue weighted by Crippen LogP contribution is 2.36. The Labute approximate surface area is 213 Å². The normalized spacial score (nSPS) is 21.5. The molecule has 1 saturated carbocycles. The van der Waals surface area contributed by atoms with Crippen molar-refractivity contribution < 1.29 is 28.5 Å². The Morgan fingerprint density at radius 3 is 2.68 bits per heavy atom. The molecule has 1 saturated heterocycles. The van der Waals surface area contributed by atoms with Crippen LogP contribution in [-0.4, -0.2) is 63.9 Å². The minimum Gasteiger partial charge on any atom is -0.463 e. The first-order valence-electron chi connectivity index (χ1n) is 12.4. The van der Waals surface area contributed by atoms with Gasteiger partial charge in [-0.1, -0.05) is 0 Å². The van der Waals surface area contributed by atoms with E-state index in [4.69, 9.17) is 24.3 Å². The van der Waals surface area contributed by atoms with E-state index in [1.165, 1.54) is 12.1 Å². The van der Waals surface area contributed by atoms with Crippen LogP contribution in [0.25, 0.3) is 22.6 Å². The summed E-state index contributed by atoms with van der Waals surface area (Å²) in [6.45, 7) is 3.13. The Balaban J connectivity index is 1.38. The number of benzene rings is 1. The number of ether oxygens (including phenoxy) is 3. The second-order valence-electron chi connectivity index (χ2n) is 9.67. The van der Waals surface area contributed by atoms with Crippen molar-refractivity contribution in [3.05, 3.63) is 48.2 Å². The lowest BCUT2D eigenvalue weighted by Crippen LogP contribution is -2.49. The number of rotatable bonds is 10. The van der Waals surface area contributed by atoms with E-state index in [2.05, 4.69) is 20.3 Å². The number of aliphatic hydroxyl groups excluding tert-OH is 1. The molecule has 0 bridgehead atoms. The molecule has 2 aliphatic rings. The zero-order valence-electron chi connectivity index (χ0n) is 20.6. The summed E-state index contributed by atoms with van der Waals surface area (Å²) >= 11 is 0. The fourth-order valence-electron chi connectivity index (χ4n) is 3.95. The number of hydrogen-bond donors (Lipinski definition) is 3. The maximum atomic E-state index is 13.6. The second-order valence-corrected chi connectivity index (χ2v) is 9.67. The summed E-state index contributed by atoms with van der Waals surface area (Å²) in [6, 6.07) is 7.83. The number of carbonyl (C=O) groups excluding carboxylic acids is 1. The summed E-state index contributed by atoms with van der Waals surface area (Å²) in [7, 11) is 0. The van der Waals surface area contributed by atoms with Gasteiger partial charge in [0.1, 0.15) is 5.82 Å². The molecule has 3 heterocycles. The zero-order chi connectivity index (χ0) is 25.8. The minimum absolute atomic E-state index is 0.000919. The summed E-state index contributed by atoms with van der Waals surface area (Å²) in [6.07, 6.45) is 3.51. The molecule has 2 aromatic heterocycles. The van der Waals surface area contributed by atoms with Crippen molar-refractivity contribution in [3.8, 4) is 28.7 Å². The zero-order valence-corrected chi connectivity index (χ0v) is 20.6. The van der Waals surface area contributed by atoms with Crippen LogP contribution in [0.15, 0.2) is 36.5 Å². The molecule has 10 nitrogen and oxygen atoms in total. The summed E-state index contributed by atoms with van der Waals surface area (Å²) in [4.78, 5) is 29.3. The van der Waals surface area contributed by atoms with Crippen molar-refractivity contribution in [1.29, 1.82) is 0 Å². The number of aliphatic hydroxyl groups is 1. The van der Waals surface area contributed by atoms with Crippen LogP contribution in [0.5, 0.6) is 6.01 Å². The molecule has 1 aliphatic heterocycles. The first kappa shape index (κ1) is 25.2. The molecule has 11 heteroatoms. The SMILES string of the molecule is CC1(C(=O)NCC2CC2)COC(c2nc(-c3ccc(F)cc3)c(-c3ccnc(OCCCO)n3)[nH]2)OC1. The number of H-pyrrole nitrogens is 1. The summed E-state index contributed by atoms with van der Waals surface area (Å²) in [5.74, 6) is 0.538. The van der Waals surface area contributed by atoms with E-state index in [1.54, 1.807) is 24.4 Å². The van der Waals surface area contributed by atoms with Gasteiger partial charge in [-0.2, -0.15) is 4.98 Å². The molecular weight excluding hydrogens is 481 g/mol. The van der Waals surface area contributed by atoms with Gasteiger partial charge in [0, 0.05) is 31.3 Å². The third-order valence-electron chi connectivity index (χ3n) is 6.39. The fraction of sp³-hybridized carbons (Fsp3) is 0.462. The van der Waals surface area contributed by atoms with Crippen molar-refractivity contribution in [3.63, 3.8) is 0 Å². The first-order chi connectivity index (χ1) is 17.9. The average Bonchev–Trinajstić information content (AvgIpc) is 3.64. The molecule has 37 heavy (non-hydrogen) atoms. The monoisotopic (exact) mass is 511 g/mol. The molecule has 1 aromatic carbocycles. The molecule has 0 radical (unpaired) electrons. The lowest BCUT2D eigenvalue weighted by atomic mass is 9.91. The molecule has 3 aromatic rings. The standard InChI is InChI=1S/C26H30FN5O5/c1-26(24(34)29-13-16-3-4-16)14-36-23(37-15-26)22-31-20(17-5-7-18(27)8-6-17)21(32-22)19-9-10-28-25(30-19)35-12-2-11-33/h5-10,16,23,33H,2-4,11-15H2,1H3,(H,29,34)(H,31,32). The summed E-state index contributed by atoms with van der Waals surface area (Å²) in [5.41, 5.74) is 1.46. The Morgan fingerprint density at radius 2 is 1.97 bits per heavy atom. The van der Waals surface area contributed by atoms with Gasteiger partial charge in [-0.3, -0.25) is 4.79 Å². The van der Waals surface area contributed by atoms with Gasteiger partial charge < -0.3 is 29.6 Å². The van der Waals surface area contributed by atoms with E-state index in [0.29, 0.717) is 47.4 Å². The number of aromatic nitrogens is 4. The second kappa shape index (κ2) is 10.9. The topological polar surface area (TPSA) is 131 Å². The van der Waals surface area contributed by atoms with E-state index >= 15 is 0 Å². The predicted molar refractivity (Wildman–Crippen MR) is 131 cm³/mol. The lowest BCUT2D eigenvalue weighted by molar-refractivity contribution is -0.231. The Morgan fingerprint density at radius 1 is 1.22 bits per heavy atom.